The van der Waals surface area contributed by atoms with E-state index in [1.165, 1.54) is 43.5 Å². The Morgan fingerprint density at radius 2 is 1.78 bits per heavy atom. The number of rotatable bonds is 11. The molecule has 0 fully saturated rings. The van der Waals surface area contributed by atoms with Gasteiger partial charge in [-0.3, -0.25) is 0 Å². The van der Waals surface area contributed by atoms with Gasteiger partial charge in [0, 0.05) is 6.54 Å². The highest BCUT2D eigenvalue weighted by atomic mass is 32.2. The summed E-state index contributed by atoms with van der Waals surface area (Å²) in [7, 11) is -2.49. The summed E-state index contributed by atoms with van der Waals surface area (Å²) >= 11 is 0. The van der Waals surface area contributed by atoms with E-state index in [-0.39, 0.29) is 17.2 Å². The standard InChI is InChI=1S/C22H29FN2O6S/c1-14(2)10-16-12-18(31-3)8-9-21(16)32(29,30)24-13-20(26)19(25-22(27)28)11-15-4-6-17(23)7-5-15/h4-9,12,14,19-20,24-26H,10-11,13H2,1-3H3,(H,27,28)/t19-,20+/m0/s1. The molecule has 32 heavy (non-hydrogen) atoms. The van der Waals surface area contributed by atoms with E-state index >= 15 is 0 Å². The van der Waals surface area contributed by atoms with Crippen LogP contribution in [0.5, 0.6) is 5.75 Å². The van der Waals surface area contributed by atoms with Crippen LogP contribution in [0.2, 0.25) is 0 Å². The predicted octanol–water partition coefficient (Wildman–Crippen LogP) is 2.55. The molecule has 0 saturated carbocycles. The van der Waals surface area contributed by atoms with E-state index in [0.29, 0.717) is 23.3 Å². The number of benzene rings is 2. The molecule has 0 bridgehead atoms. The van der Waals surface area contributed by atoms with Gasteiger partial charge >= 0.3 is 6.09 Å². The van der Waals surface area contributed by atoms with E-state index in [2.05, 4.69) is 10.0 Å². The Bertz CT molecular complexity index is 1010. The zero-order valence-corrected chi connectivity index (χ0v) is 19.0. The molecular formula is C22H29FN2O6S. The van der Waals surface area contributed by atoms with Gasteiger partial charge in [0.25, 0.3) is 0 Å². The number of methoxy groups -OCH3 is 1. The van der Waals surface area contributed by atoms with Crippen LogP contribution in [0.4, 0.5) is 9.18 Å². The van der Waals surface area contributed by atoms with Crippen LogP contribution in [0.1, 0.15) is 25.0 Å². The Morgan fingerprint density at radius 1 is 1.12 bits per heavy atom. The number of aliphatic hydroxyl groups excluding tert-OH is 1. The molecule has 1 amide bonds. The summed E-state index contributed by atoms with van der Waals surface area (Å²) in [6.07, 6.45) is -2.17. The molecule has 176 valence electrons. The SMILES string of the molecule is COc1ccc(S(=O)(=O)NC[C@@H](O)[C@H](Cc2ccc(F)cc2)NC(=O)O)c(CC(C)C)c1. The first kappa shape index (κ1) is 25.6. The minimum Gasteiger partial charge on any atom is -0.497 e. The Kier molecular flexibility index (Phi) is 8.99. The van der Waals surface area contributed by atoms with E-state index < -0.39 is 40.6 Å². The predicted molar refractivity (Wildman–Crippen MR) is 118 cm³/mol. The number of carbonyl (C=O) groups is 1. The zero-order chi connectivity index (χ0) is 23.9. The van der Waals surface area contributed by atoms with Crippen LogP contribution in [-0.4, -0.2) is 50.5 Å². The fourth-order valence-electron chi connectivity index (χ4n) is 3.28. The van der Waals surface area contributed by atoms with Crippen LogP contribution in [-0.2, 0) is 22.9 Å². The van der Waals surface area contributed by atoms with Gasteiger partial charge in [-0.05, 0) is 60.2 Å². The molecule has 2 aromatic carbocycles. The Labute approximate surface area is 187 Å². The zero-order valence-electron chi connectivity index (χ0n) is 18.2. The quantitative estimate of drug-likeness (QED) is 0.402. The first-order valence-electron chi connectivity index (χ1n) is 10.1. The van der Waals surface area contributed by atoms with E-state index in [9.17, 15) is 22.7 Å². The lowest BCUT2D eigenvalue weighted by Crippen LogP contribution is -2.49. The van der Waals surface area contributed by atoms with E-state index in [0.717, 1.165) is 0 Å². The van der Waals surface area contributed by atoms with Gasteiger partial charge in [-0.15, -0.1) is 0 Å². The van der Waals surface area contributed by atoms with Crippen molar-refractivity contribution in [1.29, 1.82) is 0 Å². The topological polar surface area (TPSA) is 125 Å². The minimum atomic E-state index is -3.99. The second-order valence-electron chi connectivity index (χ2n) is 7.88. The van der Waals surface area contributed by atoms with E-state index in [1.807, 2.05) is 13.8 Å². The second-order valence-corrected chi connectivity index (χ2v) is 9.61. The third-order valence-corrected chi connectivity index (χ3v) is 6.33. The molecule has 0 heterocycles. The van der Waals surface area contributed by atoms with Gasteiger partial charge in [-0.2, -0.15) is 0 Å². The summed E-state index contributed by atoms with van der Waals surface area (Å²) in [5, 5.41) is 21.8. The van der Waals surface area contributed by atoms with Gasteiger partial charge in [-0.25, -0.2) is 22.3 Å². The number of ether oxygens (including phenoxy) is 1. The molecule has 0 unspecified atom stereocenters. The highest BCUT2D eigenvalue weighted by Gasteiger charge is 2.26. The Morgan fingerprint density at radius 3 is 2.34 bits per heavy atom. The summed E-state index contributed by atoms with van der Waals surface area (Å²) in [4.78, 5) is 11.2. The largest absolute Gasteiger partial charge is 0.497 e. The van der Waals surface area contributed by atoms with Crippen LogP contribution in [0, 0.1) is 11.7 Å². The van der Waals surface area contributed by atoms with E-state index in [1.54, 1.807) is 6.07 Å². The normalized spacial score (nSPS) is 13.6. The number of halogens is 1. The number of aliphatic hydroxyl groups is 1. The van der Waals surface area contributed by atoms with Gasteiger partial charge in [0.2, 0.25) is 10.0 Å². The number of nitrogens with one attached hydrogen (secondary N) is 2. The van der Waals surface area contributed by atoms with Crippen LogP contribution >= 0.6 is 0 Å². The summed E-state index contributed by atoms with van der Waals surface area (Å²) in [5.41, 5.74) is 1.16. The van der Waals surface area contributed by atoms with Crippen LogP contribution in [0.25, 0.3) is 0 Å². The maximum absolute atomic E-state index is 13.1. The minimum absolute atomic E-state index is 0.0522. The van der Waals surface area contributed by atoms with Gasteiger partial charge in [-0.1, -0.05) is 26.0 Å². The van der Waals surface area contributed by atoms with E-state index in [4.69, 9.17) is 9.84 Å². The van der Waals surface area contributed by atoms with Gasteiger partial charge in [0.05, 0.1) is 24.2 Å². The molecule has 0 aliphatic carbocycles. The molecule has 0 spiro atoms. The number of hydrogen-bond donors (Lipinski definition) is 4. The van der Waals surface area contributed by atoms with Crippen molar-refractivity contribution < 1.29 is 32.6 Å². The molecule has 2 atom stereocenters. The van der Waals surface area contributed by atoms with Crippen molar-refractivity contribution in [2.24, 2.45) is 5.92 Å². The molecule has 0 aliphatic rings. The first-order chi connectivity index (χ1) is 15.0. The molecular weight excluding hydrogens is 439 g/mol. The van der Waals surface area contributed by atoms with Crippen molar-refractivity contribution in [3.8, 4) is 5.75 Å². The molecule has 0 radical (unpaired) electrons. The summed E-state index contributed by atoms with van der Waals surface area (Å²) in [6.45, 7) is 3.51. The van der Waals surface area contributed by atoms with Crippen molar-refractivity contribution in [1.82, 2.24) is 10.0 Å². The van der Waals surface area contributed by atoms with Crippen molar-refractivity contribution >= 4 is 16.1 Å². The number of sulfonamides is 1. The molecule has 4 N–H and O–H groups in total. The monoisotopic (exact) mass is 468 g/mol. The molecule has 0 aliphatic heterocycles. The fraction of sp³-hybridized carbons (Fsp3) is 0.409. The van der Waals surface area contributed by atoms with Crippen molar-refractivity contribution in [2.45, 2.75) is 43.7 Å². The molecule has 2 rings (SSSR count). The Balaban J connectivity index is 2.18. The maximum Gasteiger partial charge on any atom is 0.404 e. The first-order valence-corrected chi connectivity index (χ1v) is 11.6. The van der Waals surface area contributed by atoms with Crippen LogP contribution < -0.4 is 14.8 Å². The molecule has 10 heteroatoms. The highest BCUT2D eigenvalue weighted by Crippen LogP contribution is 2.24. The lowest BCUT2D eigenvalue weighted by atomic mass is 10.0. The number of hydrogen-bond acceptors (Lipinski definition) is 5. The highest BCUT2D eigenvalue weighted by molar-refractivity contribution is 7.89. The van der Waals surface area contributed by atoms with Crippen LogP contribution in [0.3, 0.4) is 0 Å². The van der Waals surface area contributed by atoms with Gasteiger partial charge < -0.3 is 20.3 Å². The van der Waals surface area contributed by atoms with Gasteiger partial charge in [0.15, 0.2) is 0 Å². The average molecular weight is 469 g/mol. The van der Waals surface area contributed by atoms with Crippen LogP contribution in [0.15, 0.2) is 47.4 Å². The maximum atomic E-state index is 13.1. The molecule has 0 aromatic heterocycles. The fourth-order valence-corrected chi connectivity index (χ4v) is 4.56. The molecule has 2 aromatic rings. The third-order valence-electron chi connectivity index (χ3n) is 4.81. The number of carboxylic acid groups (broad SMARTS) is 1. The molecule has 8 nitrogen and oxygen atoms in total. The van der Waals surface area contributed by atoms with Crippen molar-refractivity contribution in [2.75, 3.05) is 13.7 Å². The number of amides is 1. The average Bonchev–Trinajstić information content (AvgIpc) is 2.72. The van der Waals surface area contributed by atoms with Crippen molar-refractivity contribution in [3.05, 3.63) is 59.4 Å². The summed E-state index contributed by atoms with van der Waals surface area (Å²) in [5.74, 6) is 0.285. The third kappa shape index (κ3) is 7.47. The lowest BCUT2D eigenvalue weighted by Gasteiger charge is -2.24. The lowest BCUT2D eigenvalue weighted by molar-refractivity contribution is 0.122. The second kappa shape index (κ2) is 11.3. The Hall–Kier alpha value is -2.69. The smallest absolute Gasteiger partial charge is 0.404 e. The van der Waals surface area contributed by atoms with Crippen molar-refractivity contribution in [3.63, 3.8) is 0 Å². The van der Waals surface area contributed by atoms with Gasteiger partial charge in [0.1, 0.15) is 11.6 Å². The summed E-state index contributed by atoms with van der Waals surface area (Å²) in [6, 6.07) is 9.02. The molecule has 0 saturated heterocycles. The summed E-state index contributed by atoms with van der Waals surface area (Å²) < 4.78 is 46.6.